The van der Waals surface area contributed by atoms with Crippen molar-refractivity contribution < 1.29 is 9.47 Å². The maximum Gasteiger partial charge on any atom is 0.191 e. The lowest BCUT2D eigenvalue weighted by atomic mass is 10.2. The van der Waals surface area contributed by atoms with E-state index in [9.17, 15) is 0 Å². The molecule has 1 aromatic carbocycles. The summed E-state index contributed by atoms with van der Waals surface area (Å²) in [4.78, 5) is 4.60. The predicted octanol–water partition coefficient (Wildman–Crippen LogP) is 2.79. The summed E-state index contributed by atoms with van der Waals surface area (Å²) in [5.41, 5.74) is 1.08. The summed E-state index contributed by atoms with van der Waals surface area (Å²) in [5.74, 6) is 2.49. The molecule has 6 heteroatoms. The molecular weight excluding hydrogens is 405 g/mol. The van der Waals surface area contributed by atoms with Crippen molar-refractivity contribution in [3.8, 4) is 5.75 Å². The molecule has 0 spiro atoms. The summed E-state index contributed by atoms with van der Waals surface area (Å²) in [6, 6.07) is 7.95. The van der Waals surface area contributed by atoms with Gasteiger partial charge < -0.3 is 20.1 Å². The minimum Gasteiger partial charge on any atom is -0.496 e. The van der Waals surface area contributed by atoms with E-state index in [1.807, 2.05) is 24.3 Å². The maximum atomic E-state index is 5.62. The Hall–Kier alpha value is -1.02. The zero-order valence-corrected chi connectivity index (χ0v) is 16.3. The molecule has 1 fully saturated rings. The van der Waals surface area contributed by atoms with E-state index < -0.39 is 0 Å². The van der Waals surface area contributed by atoms with Gasteiger partial charge in [-0.05, 0) is 31.7 Å². The molecule has 2 rings (SSSR count). The SMILES string of the molecule is CCNC(=NCc1ccccc1OC)NCCOCC1CC1.I. The first kappa shape index (κ1) is 20.0. The first-order chi connectivity index (χ1) is 10.8. The van der Waals surface area contributed by atoms with Crippen molar-refractivity contribution in [3.63, 3.8) is 0 Å². The second kappa shape index (κ2) is 11.5. The highest BCUT2D eigenvalue weighted by molar-refractivity contribution is 14.0. The van der Waals surface area contributed by atoms with Crippen molar-refractivity contribution in [1.82, 2.24) is 10.6 Å². The molecule has 1 saturated carbocycles. The summed E-state index contributed by atoms with van der Waals surface area (Å²) in [6.07, 6.45) is 2.66. The van der Waals surface area contributed by atoms with E-state index >= 15 is 0 Å². The van der Waals surface area contributed by atoms with Gasteiger partial charge in [0, 0.05) is 25.3 Å². The van der Waals surface area contributed by atoms with Gasteiger partial charge in [-0.1, -0.05) is 18.2 Å². The van der Waals surface area contributed by atoms with Crippen LogP contribution in [0.5, 0.6) is 5.75 Å². The van der Waals surface area contributed by atoms with E-state index in [0.717, 1.165) is 49.5 Å². The Kier molecular flexibility index (Phi) is 10.0. The van der Waals surface area contributed by atoms with Gasteiger partial charge in [-0.3, -0.25) is 0 Å². The van der Waals surface area contributed by atoms with Gasteiger partial charge in [0.1, 0.15) is 5.75 Å². The van der Waals surface area contributed by atoms with Gasteiger partial charge in [-0.25, -0.2) is 4.99 Å². The van der Waals surface area contributed by atoms with Gasteiger partial charge >= 0.3 is 0 Å². The standard InChI is InChI=1S/C17H27N3O2.HI/c1-3-18-17(19-10-11-22-13-14-8-9-14)20-12-15-6-4-5-7-16(15)21-2;/h4-7,14H,3,8-13H2,1-2H3,(H2,18,19,20);1H. The Balaban J connectivity index is 0.00000264. The fourth-order valence-electron chi connectivity index (χ4n) is 2.12. The Morgan fingerprint density at radius 2 is 2.04 bits per heavy atom. The minimum absolute atomic E-state index is 0. The Labute approximate surface area is 156 Å². The third-order valence-electron chi connectivity index (χ3n) is 3.53. The normalized spacial score (nSPS) is 14.1. The van der Waals surface area contributed by atoms with Crippen LogP contribution in [0.1, 0.15) is 25.3 Å². The molecule has 0 aromatic heterocycles. The quantitative estimate of drug-likeness (QED) is 0.272. The molecule has 5 nitrogen and oxygen atoms in total. The zero-order chi connectivity index (χ0) is 15.6. The smallest absolute Gasteiger partial charge is 0.191 e. The second-order valence-electron chi connectivity index (χ2n) is 5.45. The fraction of sp³-hybridized carbons (Fsp3) is 0.588. The molecule has 0 heterocycles. The van der Waals surface area contributed by atoms with Crippen LogP contribution in [0.25, 0.3) is 0 Å². The van der Waals surface area contributed by atoms with Crippen LogP contribution in [0.2, 0.25) is 0 Å². The number of hydrogen-bond acceptors (Lipinski definition) is 3. The van der Waals surface area contributed by atoms with Crippen molar-refractivity contribution >= 4 is 29.9 Å². The minimum atomic E-state index is 0. The van der Waals surface area contributed by atoms with Gasteiger partial charge in [0.15, 0.2) is 5.96 Å². The van der Waals surface area contributed by atoms with Gasteiger partial charge in [0.25, 0.3) is 0 Å². The highest BCUT2D eigenvalue weighted by Crippen LogP contribution is 2.28. The van der Waals surface area contributed by atoms with E-state index in [4.69, 9.17) is 9.47 Å². The van der Waals surface area contributed by atoms with Gasteiger partial charge in [0.05, 0.1) is 20.3 Å². The molecule has 2 N–H and O–H groups in total. The Bertz CT molecular complexity index is 479. The monoisotopic (exact) mass is 433 g/mol. The van der Waals surface area contributed by atoms with E-state index in [-0.39, 0.29) is 24.0 Å². The topological polar surface area (TPSA) is 54.9 Å². The summed E-state index contributed by atoms with van der Waals surface area (Å²) in [7, 11) is 1.68. The molecule has 0 atom stereocenters. The average molecular weight is 433 g/mol. The number of hydrogen-bond donors (Lipinski definition) is 2. The van der Waals surface area contributed by atoms with E-state index in [0.29, 0.717) is 6.54 Å². The van der Waals surface area contributed by atoms with Crippen LogP contribution in [0.3, 0.4) is 0 Å². The lowest BCUT2D eigenvalue weighted by molar-refractivity contribution is 0.129. The number of guanidine groups is 1. The van der Waals surface area contributed by atoms with Crippen LogP contribution in [-0.2, 0) is 11.3 Å². The third-order valence-corrected chi connectivity index (χ3v) is 3.53. The number of methoxy groups -OCH3 is 1. The van der Waals surface area contributed by atoms with Crippen molar-refractivity contribution in [1.29, 1.82) is 0 Å². The number of benzene rings is 1. The summed E-state index contributed by atoms with van der Waals surface area (Å²) in [6.45, 7) is 5.86. The van der Waals surface area contributed by atoms with Gasteiger partial charge in [-0.2, -0.15) is 0 Å². The molecule has 0 amide bonds. The second-order valence-corrected chi connectivity index (χ2v) is 5.45. The Morgan fingerprint density at radius 1 is 1.26 bits per heavy atom. The highest BCUT2D eigenvalue weighted by atomic mass is 127. The Morgan fingerprint density at radius 3 is 2.74 bits per heavy atom. The van der Waals surface area contributed by atoms with Gasteiger partial charge in [-0.15, -0.1) is 24.0 Å². The zero-order valence-electron chi connectivity index (χ0n) is 14.0. The van der Waals surface area contributed by atoms with Crippen molar-refractivity contribution in [2.24, 2.45) is 10.9 Å². The number of para-hydroxylation sites is 1. The molecule has 1 aliphatic rings. The number of nitrogens with zero attached hydrogens (tertiary/aromatic N) is 1. The molecular formula is C17H28IN3O2. The third kappa shape index (κ3) is 7.87. The van der Waals surface area contributed by atoms with Crippen molar-refractivity contribution in [3.05, 3.63) is 29.8 Å². The first-order valence-corrected chi connectivity index (χ1v) is 8.05. The largest absolute Gasteiger partial charge is 0.496 e. The van der Waals surface area contributed by atoms with Crippen LogP contribution in [0.15, 0.2) is 29.3 Å². The lowest BCUT2D eigenvalue weighted by Crippen LogP contribution is -2.39. The average Bonchev–Trinajstić information content (AvgIpc) is 3.36. The van der Waals surface area contributed by atoms with E-state index in [1.165, 1.54) is 12.8 Å². The number of aliphatic imine (C=N–C) groups is 1. The number of halogens is 1. The molecule has 1 aliphatic carbocycles. The van der Waals surface area contributed by atoms with Crippen LogP contribution < -0.4 is 15.4 Å². The summed E-state index contributed by atoms with van der Waals surface area (Å²) >= 11 is 0. The first-order valence-electron chi connectivity index (χ1n) is 8.05. The van der Waals surface area contributed by atoms with Crippen molar-refractivity contribution in [2.45, 2.75) is 26.3 Å². The van der Waals surface area contributed by atoms with Crippen LogP contribution in [-0.4, -0.2) is 39.4 Å². The number of rotatable bonds is 9. The summed E-state index contributed by atoms with van der Waals surface area (Å²) < 4.78 is 11.0. The van der Waals surface area contributed by atoms with Crippen molar-refractivity contribution in [2.75, 3.05) is 33.4 Å². The van der Waals surface area contributed by atoms with E-state index in [1.54, 1.807) is 7.11 Å². The van der Waals surface area contributed by atoms with Crippen LogP contribution in [0, 0.1) is 5.92 Å². The lowest BCUT2D eigenvalue weighted by Gasteiger charge is -2.12. The molecule has 130 valence electrons. The number of nitrogens with one attached hydrogen (secondary N) is 2. The van der Waals surface area contributed by atoms with Crippen LogP contribution >= 0.6 is 24.0 Å². The predicted molar refractivity (Wildman–Crippen MR) is 105 cm³/mol. The molecule has 0 radical (unpaired) electrons. The molecule has 0 unspecified atom stereocenters. The van der Waals surface area contributed by atoms with Gasteiger partial charge in [0.2, 0.25) is 0 Å². The maximum absolute atomic E-state index is 5.62. The molecule has 23 heavy (non-hydrogen) atoms. The van der Waals surface area contributed by atoms with E-state index in [2.05, 4.69) is 22.5 Å². The van der Waals surface area contributed by atoms with Crippen LogP contribution in [0.4, 0.5) is 0 Å². The molecule has 0 aliphatic heterocycles. The summed E-state index contributed by atoms with van der Waals surface area (Å²) in [5, 5.41) is 6.54. The fourth-order valence-corrected chi connectivity index (χ4v) is 2.12. The molecule has 0 bridgehead atoms. The highest BCUT2D eigenvalue weighted by Gasteiger charge is 2.20. The number of ether oxygens (including phenoxy) is 2. The molecule has 0 saturated heterocycles. The molecule has 1 aromatic rings.